The molecule has 0 atom stereocenters. The van der Waals surface area contributed by atoms with Crippen molar-refractivity contribution in [3.05, 3.63) is 48.7 Å². The van der Waals surface area contributed by atoms with E-state index in [9.17, 15) is 0 Å². The molecular formula is C30H39N5O4. The molecule has 0 bridgehead atoms. The van der Waals surface area contributed by atoms with E-state index in [4.69, 9.17) is 29.7 Å². The molecule has 39 heavy (non-hydrogen) atoms. The number of nitrogens with one attached hydrogen (secondary N) is 2. The lowest BCUT2D eigenvalue weighted by Crippen LogP contribution is -2.27. The van der Waals surface area contributed by atoms with E-state index in [1.807, 2.05) is 42.5 Å². The van der Waals surface area contributed by atoms with Crippen molar-refractivity contribution in [2.75, 3.05) is 51.1 Å². The molecule has 2 aliphatic rings. The van der Waals surface area contributed by atoms with Crippen molar-refractivity contribution in [2.24, 2.45) is 5.92 Å². The van der Waals surface area contributed by atoms with Crippen LogP contribution in [0, 0.1) is 5.92 Å². The lowest BCUT2D eigenvalue weighted by molar-refractivity contribution is 0.0259. The molecule has 0 amide bonds. The van der Waals surface area contributed by atoms with Gasteiger partial charge in [0.2, 0.25) is 5.95 Å². The number of hydrogen-bond donors (Lipinski definition) is 3. The van der Waals surface area contributed by atoms with Gasteiger partial charge in [-0.05, 0) is 81.1 Å². The van der Waals surface area contributed by atoms with Crippen LogP contribution in [0.3, 0.4) is 0 Å². The molecule has 3 aromatic rings. The van der Waals surface area contributed by atoms with Gasteiger partial charge in [0.05, 0.1) is 38.3 Å². The Hall–Kier alpha value is -3.56. The Morgan fingerprint density at radius 1 is 1.00 bits per heavy atom. The molecule has 5 rings (SSSR count). The van der Waals surface area contributed by atoms with E-state index in [2.05, 4.69) is 15.6 Å². The average molecular weight is 534 g/mol. The fourth-order valence-electron chi connectivity index (χ4n) is 5.09. The molecule has 0 saturated carbocycles. The van der Waals surface area contributed by atoms with Crippen molar-refractivity contribution in [3.63, 3.8) is 0 Å². The van der Waals surface area contributed by atoms with Crippen molar-refractivity contribution in [2.45, 2.75) is 44.6 Å². The van der Waals surface area contributed by atoms with E-state index in [0.717, 1.165) is 68.4 Å². The summed E-state index contributed by atoms with van der Waals surface area (Å²) in [5, 5.41) is 6.72. The van der Waals surface area contributed by atoms with Crippen LogP contribution in [-0.2, 0) is 4.74 Å². The molecule has 0 unspecified atom stereocenters. The molecule has 9 heteroatoms. The van der Waals surface area contributed by atoms with Gasteiger partial charge in [-0.1, -0.05) is 0 Å². The Bertz CT molecular complexity index is 1210. The van der Waals surface area contributed by atoms with Gasteiger partial charge in [-0.2, -0.15) is 0 Å². The van der Waals surface area contributed by atoms with Gasteiger partial charge in [-0.15, -0.1) is 0 Å². The largest absolute Gasteiger partial charge is 0.493 e. The molecule has 0 aliphatic carbocycles. The minimum Gasteiger partial charge on any atom is -0.493 e. The number of nitrogens with zero attached hydrogens (tertiary/aromatic N) is 2. The van der Waals surface area contributed by atoms with Gasteiger partial charge in [0.15, 0.2) is 11.5 Å². The molecule has 208 valence electrons. The van der Waals surface area contributed by atoms with Crippen molar-refractivity contribution >= 4 is 17.3 Å². The summed E-state index contributed by atoms with van der Waals surface area (Å²) in [4.78, 5) is 9.12. The maximum absolute atomic E-state index is 6.33. The van der Waals surface area contributed by atoms with E-state index in [0.29, 0.717) is 35.5 Å². The molecule has 9 nitrogen and oxygen atoms in total. The molecule has 2 aromatic carbocycles. The predicted molar refractivity (Wildman–Crippen MR) is 153 cm³/mol. The molecule has 4 N–H and O–H groups in total. The number of benzene rings is 2. The first-order chi connectivity index (χ1) is 19.2. The topological polar surface area (TPSA) is 113 Å². The average Bonchev–Trinajstić information content (AvgIpc) is 2.98. The third kappa shape index (κ3) is 7.52. The summed E-state index contributed by atoms with van der Waals surface area (Å²) in [5.74, 6) is 3.38. The van der Waals surface area contributed by atoms with Crippen LogP contribution in [0.4, 0.5) is 17.3 Å². The molecule has 2 saturated heterocycles. The Kier molecular flexibility index (Phi) is 9.34. The number of methoxy groups -OCH3 is 1. The Balaban J connectivity index is 1.21. The highest BCUT2D eigenvalue weighted by Gasteiger charge is 2.17. The summed E-state index contributed by atoms with van der Waals surface area (Å²) in [5.41, 5.74) is 9.39. The number of nitrogen functional groups attached to an aromatic ring is 1. The quantitative estimate of drug-likeness (QED) is 0.226. The lowest BCUT2D eigenvalue weighted by atomic mass is 9.93. The zero-order valence-corrected chi connectivity index (χ0v) is 22.7. The van der Waals surface area contributed by atoms with Gasteiger partial charge in [0, 0.05) is 36.4 Å². The molecule has 1 aromatic heterocycles. The lowest BCUT2D eigenvalue weighted by Gasteiger charge is -2.24. The highest BCUT2D eigenvalue weighted by atomic mass is 16.5. The Labute approximate surface area is 230 Å². The van der Waals surface area contributed by atoms with E-state index in [-0.39, 0.29) is 6.10 Å². The second-order valence-electron chi connectivity index (χ2n) is 10.1. The fraction of sp³-hybridized carbons (Fsp3) is 0.467. The number of anilines is 3. The summed E-state index contributed by atoms with van der Waals surface area (Å²) >= 11 is 0. The van der Waals surface area contributed by atoms with Crippen LogP contribution >= 0.6 is 0 Å². The normalized spacial score (nSPS) is 16.5. The minimum absolute atomic E-state index is 0.134. The van der Waals surface area contributed by atoms with Crippen molar-refractivity contribution in [1.82, 2.24) is 15.3 Å². The van der Waals surface area contributed by atoms with Crippen LogP contribution in [0.2, 0.25) is 0 Å². The predicted octanol–water partition coefficient (Wildman–Crippen LogP) is 5.19. The van der Waals surface area contributed by atoms with Crippen LogP contribution in [0.15, 0.2) is 48.7 Å². The number of piperidine rings is 1. The zero-order valence-electron chi connectivity index (χ0n) is 22.7. The summed E-state index contributed by atoms with van der Waals surface area (Å²) in [6, 6.07) is 13.4. The number of aromatic nitrogens is 2. The summed E-state index contributed by atoms with van der Waals surface area (Å²) in [6.07, 6.45) is 8.33. The third-order valence-corrected chi connectivity index (χ3v) is 7.32. The van der Waals surface area contributed by atoms with Gasteiger partial charge in [0.25, 0.3) is 0 Å². The van der Waals surface area contributed by atoms with Gasteiger partial charge in [-0.3, -0.25) is 0 Å². The van der Waals surface area contributed by atoms with Crippen LogP contribution < -0.4 is 30.6 Å². The summed E-state index contributed by atoms with van der Waals surface area (Å²) in [7, 11) is 1.66. The number of rotatable bonds is 11. The summed E-state index contributed by atoms with van der Waals surface area (Å²) < 4.78 is 23.2. The van der Waals surface area contributed by atoms with Crippen molar-refractivity contribution in [3.8, 4) is 28.5 Å². The monoisotopic (exact) mass is 533 g/mol. The molecule has 3 heterocycles. The van der Waals surface area contributed by atoms with Crippen molar-refractivity contribution < 1.29 is 18.9 Å². The van der Waals surface area contributed by atoms with Crippen LogP contribution in [0.25, 0.3) is 11.3 Å². The molecule has 2 fully saturated rings. The van der Waals surface area contributed by atoms with Crippen molar-refractivity contribution in [1.29, 1.82) is 0 Å². The molecule has 2 aliphatic heterocycles. The van der Waals surface area contributed by atoms with E-state index in [1.165, 1.54) is 19.3 Å². The summed E-state index contributed by atoms with van der Waals surface area (Å²) in [6.45, 7) is 4.35. The first-order valence-corrected chi connectivity index (χ1v) is 13.9. The standard InChI is InChI=1S/C30H39N5O4/c1-36-28-7-5-23(20-29(28)38-16-2-3-21-8-13-32-14-9-21)34-30-33-15-10-26(35-30)22-4-6-27(25(31)19-22)39-24-11-17-37-18-12-24/h4-7,10,15,19-21,24,32H,2-3,8-9,11-14,16-18,31H2,1H3,(H,33,34,35). The Morgan fingerprint density at radius 3 is 2.62 bits per heavy atom. The Morgan fingerprint density at radius 2 is 1.82 bits per heavy atom. The van der Waals surface area contributed by atoms with Crippen LogP contribution in [-0.4, -0.2) is 56.1 Å². The van der Waals surface area contributed by atoms with Gasteiger partial charge in [0.1, 0.15) is 11.9 Å². The highest BCUT2D eigenvalue weighted by molar-refractivity contribution is 5.69. The van der Waals surface area contributed by atoms with Gasteiger partial charge in [-0.25, -0.2) is 9.97 Å². The molecule has 0 spiro atoms. The maximum atomic E-state index is 6.33. The van der Waals surface area contributed by atoms with E-state index < -0.39 is 0 Å². The first kappa shape index (κ1) is 27.0. The number of ether oxygens (including phenoxy) is 4. The highest BCUT2D eigenvalue weighted by Crippen LogP contribution is 2.33. The number of nitrogens with two attached hydrogens (primary N) is 1. The molecular weight excluding hydrogens is 494 g/mol. The van der Waals surface area contributed by atoms with Crippen LogP contribution in [0.5, 0.6) is 17.2 Å². The smallest absolute Gasteiger partial charge is 0.227 e. The van der Waals surface area contributed by atoms with Gasteiger partial charge >= 0.3 is 0 Å². The second kappa shape index (κ2) is 13.5. The minimum atomic E-state index is 0.134. The maximum Gasteiger partial charge on any atom is 0.227 e. The SMILES string of the molecule is COc1ccc(Nc2nccc(-c3ccc(OC4CCOCC4)c(N)c3)n2)cc1OCCCC1CCNCC1. The second-order valence-corrected chi connectivity index (χ2v) is 10.1. The van der Waals surface area contributed by atoms with Gasteiger partial charge < -0.3 is 35.3 Å². The fourth-order valence-corrected chi connectivity index (χ4v) is 5.09. The third-order valence-electron chi connectivity index (χ3n) is 7.32. The zero-order chi connectivity index (χ0) is 26.9. The van der Waals surface area contributed by atoms with E-state index >= 15 is 0 Å². The van der Waals surface area contributed by atoms with Crippen LogP contribution in [0.1, 0.15) is 38.5 Å². The first-order valence-electron chi connectivity index (χ1n) is 13.9. The van der Waals surface area contributed by atoms with E-state index in [1.54, 1.807) is 13.3 Å². The molecule has 0 radical (unpaired) electrons. The number of hydrogen-bond acceptors (Lipinski definition) is 9.